The van der Waals surface area contributed by atoms with Crippen molar-refractivity contribution >= 4 is 23.2 Å². The molecular weight excluding hydrogens is 268 g/mol. The molecule has 0 unspecified atom stereocenters. The van der Waals surface area contributed by atoms with Crippen LogP contribution < -0.4 is 10.2 Å². The molecule has 1 saturated heterocycles. The van der Waals surface area contributed by atoms with Crippen molar-refractivity contribution in [2.45, 2.75) is 33.1 Å². The topological polar surface area (TPSA) is 58.6 Å². The molecule has 5 nitrogen and oxygen atoms in total. The zero-order valence-electron chi connectivity index (χ0n) is 12.6. The Balaban J connectivity index is 2.06. The predicted octanol–water partition coefficient (Wildman–Crippen LogP) is 2.49. The van der Waals surface area contributed by atoms with E-state index in [-0.39, 0.29) is 18.4 Å². The minimum Gasteiger partial charge on any atom is -0.372 e. The van der Waals surface area contributed by atoms with Crippen molar-refractivity contribution in [3.8, 4) is 0 Å². The molecule has 0 saturated carbocycles. The fourth-order valence-electron chi connectivity index (χ4n) is 2.49. The van der Waals surface area contributed by atoms with Crippen LogP contribution in [-0.4, -0.2) is 31.6 Å². The molecule has 1 aliphatic heterocycles. The van der Waals surface area contributed by atoms with Crippen LogP contribution in [-0.2, 0) is 14.3 Å². The quantitative estimate of drug-likeness (QED) is 0.906. The Kier molecular flexibility index (Phi) is 5.33. The Labute approximate surface area is 125 Å². The van der Waals surface area contributed by atoms with E-state index in [1.165, 1.54) is 0 Å². The zero-order chi connectivity index (χ0) is 15.2. The second-order valence-corrected chi connectivity index (χ2v) is 5.19. The first-order valence-corrected chi connectivity index (χ1v) is 7.40. The zero-order valence-corrected chi connectivity index (χ0v) is 12.6. The highest BCUT2D eigenvalue weighted by atomic mass is 16.5. The van der Waals surface area contributed by atoms with Crippen molar-refractivity contribution in [2.24, 2.45) is 0 Å². The van der Waals surface area contributed by atoms with Gasteiger partial charge in [0.25, 0.3) is 0 Å². The Hall–Kier alpha value is -1.88. The fourth-order valence-corrected chi connectivity index (χ4v) is 2.49. The van der Waals surface area contributed by atoms with Crippen LogP contribution in [0.15, 0.2) is 18.2 Å². The second-order valence-electron chi connectivity index (χ2n) is 5.19. The summed E-state index contributed by atoms with van der Waals surface area (Å²) in [5.74, 6) is 0.00975. The lowest BCUT2D eigenvalue weighted by Crippen LogP contribution is -2.35. The molecule has 1 aromatic carbocycles. The number of hydrogen-bond donors (Lipinski definition) is 1. The maximum Gasteiger partial charge on any atom is 0.250 e. The highest BCUT2D eigenvalue weighted by molar-refractivity contribution is 5.96. The third kappa shape index (κ3) is 4.04. The van der Waals surface area contributed by atoms with Crippen LogP contribution in [0.3, 0.4) is 0 Å². The van der Waals surface area contributed by atoms with Gasteiger partial charge < -0.3 is 15.0 Å². The van der Waals surface area contributed by atoms with Gasteiger partial charge in [-0.05, 0) is 50.5 Å². The summed E-state index contributed by atoms with van der Waals surface area (Å²) in [5.41, 5.74) is 2.65. The number of benzene rings is 1. The maximum absolute atomic E-state index is 12.0. The maximum atomic E-state index is 12.0. The smallest absolute Gasteiger partial charge is 0.250 e. The van der Waals surface area contributed by atoms with Gasteiger partial charge in [0.2, 0.25) is 11.8 Å². The number of aryl methyl sites for hydroxylation is 1. The van der Waals surface area contributed by atoms with Gasteiger partial charge >= 0.3 is 0 Å². The second kappa shape index (κ2) is 7.22. The molecule has 2 amide bonds. The summed E-state index contributed by atoms with van der Waals surface area (Å²) in [5, 5.41) is 2.79. The summed E-state index contributed by atoms with van der Waals surface area (Å²) in [6.45, 7) is 5.15. The Morgan fingerprint density at radius 2 is 2.19 bits per heavy atom. The average Bonchev–Trinajstić information content (AvgIpc) is 2.46. The summed E-state index contributed by atoms with van der Waals surface area (Å²) in [7, 11) is 0. The van der Waals surface area contributed by atoms with Crippen LogP contribution in [0.25, 0.3) is 0 Å². The number of nitrogens with one attached hydrogen (secondary N) is 1. The average molecular weight is 290 g/mol. The van der Waals surface area contributed by atoms with E-state index in [1.807, 2.05) is 36.9 Å². The molecule has 114 valence electrons. The van der Waals surface area contributed by atoms with Crippen LogP contribution in [0.2, 0.25) is 0 Å². The van der Waals surface area contributed by atoms with Gasteiger partial charge in [-0.2, -0.15) is 0 Å². The van der Waals surface area contributed by atoms with Crippen LogP contribution in [0, 0.1) is 6.92 Å². The largest absolute Gasteiger partial charge is 0.372 e. The summed E-state index contributed by atoms with van der Waals surface area (Å²) in [6.07, 6.45) is 2.63. The van der Waals surface area contributed by atoms with E-state index in [2.05, 4.69) is 5.32 Å². The van der Waals surface area contributed by atoms with Gasteiger partial charge in [-0.15, -0.1) is 0 Å². The van der Waals surface area contributed by atoms with Gasteiger partial charge in [-0.25, -0.2) is 0 Å². The van der Waals surface area contributed by atoms with Gasteiger partial charge in [-0.1, -0.05) is 0 Å². The van der Waals surface area contributed by atoms with Crippen molar-refractivity contribution in [1.29, 1.82) is 0 Å². The molecule has 1 heterocycles. The summed E-state index contributed by atoms with van der Waals surface area (Å²) >= 11 is 0. The van der Waals surface area contributed by atoms with Crippen molar-refractivity contribution in [1.82, 2.24) is 0 Å². The lowest BCUT2D eigenvalue weighted by Gasteiger charge is -2.28. The van der Waals surface area contributed by atoms with Crippen LogP contribution in [0.1, 0.15) is 31.7 Å². The van der Waals surface area contributed by atoms with E-state index < -0.39 is 0 Å². The standard InChI is InChI=1S/C16H22N2O3/c1-3-21-11-15(19)17-13-7-8-14(12(2)10-13)18-9-5-4-6-16(18)20/h7-8,10H,3-6,9,11H2,1-2H3,(H,17,19). The van der Waals surface area contributed by atoms with Gasteiger partial charge in [0.05, 0.1) is 0 Å². The molecule has 1 aliphatic rings. The van der Waals surface area contributed by atoms with Gasteiger partial charge in [-0.3, -0.25) is 9.59 Å². The minimum absolute atomic E-state index is 0.0575. The van der Waals surface area contributed by atoms with E-state index in [9.17, 15) is 9.59 Å². The number of hydrogen-bond acceptors (Lipinski definition) is 3. The first kappa shape index (κ1) is 15.5. The molecule has 1 aromatic rings. The molecule has 0 radical (unpaired) electrons. The van der Waals surface area contributed by atoms with Crippen LogP contribution >= 0.6 is 0 Å². The van der Waals surface area contributed by atoms with Gasteiger partial charge in [0.15, 0.2) is 0 Å². The monoisotopic (exact) mass is 290 g/mol. The number of amides is 2. The number of anilines is 2. The van der Waals surface area contributed by atoms with Crippen molar-refractivity contribution < 1.29 is 14.3 Å². The molecule has 2 rings (SSSR count). The van der Waals surface area contributed by atoms with Crippen LogP contribution in [0.4, 0.5) is 11.4 Å². The highest BCUT2D eigenvalue weighted by Gasteiger charge is 2.21. The lowest BCUT2D eigenvalue weighted by molar-refractivity contribution is -0.120. The first-order chi connectivity index (χ1) is 10.1. The van der Waals surface area contributed by atoms with Crippen molar-refractivity contribution in [3.05, 3.63) is 23.8 Å². The Morgan fingerprint density at radius 1 is 1.38 bits per heavy atom. The molecule has 5 heteroatoms. The normalized spacial score (nSPS) is 15.1. The van der Waals surface area contributed by atoms with Crippen LogP contribution in [0.5, 0.6) is 0 Å². The number of carbonyl (C=O) groups excluding carboxylic acids is 2. The fraction of sp³-hybridized carbons (Fsp3) is 0.500. The van der Waals surface area contributed by atoms with E-state index >= 15 is 0 Å². The molecular formula is C16H22N2O3. The molecule has 1 N–H and O–H groups in total. The molecule has 0 aromatic heterocycles. The summed E-state index contributed by atoms with van der Waals surface area (Å²) in [6, 6.07) is 5.62. The minimum atomic E-state index is -0.168. The SMILES string of the molecule is CCOCC(=O)Nc1ccc(N2CCCCC2=O)c(C)c1. The third-order valence-corrected chi connectivity index (χ3v) is 3.53. The molecule has 0 bridgehead atoms. The lowest BCUT2D eigenvalue weighted by atomic mass is 10.1. The predicted molar refractivity (Wildman–Crippen MR) is 82.5 cm³/mol. The molecule has 21 heavy (non-hydrogen) atoms. The van der Waals surface area contributed by atoms with E-state index in [0.29, 0.717) is 13.0 Å². The number of rotatable bonds is 5. The van der Waals surface area contributed by atoms with Gasteiger partial charge in [0.1, 0.15) is 6.61 Å². The van der Waals surface area contributed by atoms with E-state index in [0.717, 1.165) is 36.3 Å². The number of nitrogens with zero attached hydrogens (tertiary/aromatic N) is 1. The highest BCUT2D eigenvalue weighted by Crippen LogP contribution is 2.27. The molecule has 0 aliphatic carbocycles. The Morgan fingerprint density at radius 3 is 2.86 bits per heavy atom. The third-order valence-electron chi connectivity index (χ3n) is 3.53. The molecule has 0 spiro atoms. The number of ether oxygens (including phenoxy) is 1. The Bertz CT molecular complexity index is 528. The molecule has 0 atom stereocenters. The molecule has 1 fully saturated rings. The first-order valence-electron chi connectivity index (χ1n) is 7.40. The van der Waals surface area contributed by atoms with E-state index in [1.54, 1.807) is 0 Å². The van der Waals surface area contributed by atoms with Crippen molar-refractivity contribution in [3.63, 3.8) is 0 Å². The van der Waals surface area contributed by atoms with Gasteiger partial charge in [0, 0.05) is 30.9 Å². The van der Waals surface area contributed by atoms with E-state index in [4.69, 9.17) is 4.74 Å². The summed E-state index contributed by atoms with van der Waals surface area (Å²) in [4.78, 5) is 25.4. The van der Waals surface area contributed by atoms with Crippen molar-refractivity contribution in [2.75, 3.05) is 30.0 Å². The summed E-state index contributed by atoms with van der Waals surface area (Å²) < 4.78 is 5.07. The number of carbonyl (C=O) groups is 2. The number of piperidine rings is 1.